The summed E-state index contributed by atoms with van der Waals surface area (Å²) >= 11 is 0. The highest BCUT2D eigenvalue weighted by molar-refractivity contribution is 6.12. The number of fused-ring (bicyclic) bond motifs is 3. The van der Waals surface area contributed by atoms with Crippen LogP contribution in [0.1, 0.15) is 13.7 Å². The number of aromatic nitrogens is 3. The van der Waals surface area contributed by atoms with Gasteiger partial charge in [0.05, 0.1) is 13.7 Å². The number of benzene rings is 8. The van der Waals surface area contributed by atoms with E-state index in [1.807, 2.05) is 54.6 Å². The zero-order valence-electron chi connectivity index (χ0n) is 39.6. The molecule has 5 nitrogen and oxygen atoms in total. The molecule has 0 fully saturated rings. The van der Waals surface area contributed by atoms with Crippen LogP contribution in [0.5, 0.6) is 0 Å². The molecule has 0 radical (unpaired) electrons. The maximum Gasteiger partial charge on any atom is 0.164 e. The highest BCUT2D eigenvalue weighted by Gasteiger charge is 2.19. The van der Waals surface area contributed by atoms with Crippen molar-refractivity contribution in [1.29, 1.82) is 0 Å². The maximum atomic E-state index is 8.71. The van der Waals surface area contributed by atoms with Crippen LogP contribution in [0.2, 0.25) is 0 Å². The zero-order valence-corrected chi connectivity index (χ0v) is 29.6. The Morgan fingerprint density at radius 3 is 1.50 bits per heavy atom. The van der Waals surface area contributed by atoms with Gasteiger partial charge in [0.25, 0.3) is 0 Å². The minimum Gasteiger partial charge on any atom is -0.456 e. The van der Waals surface area contributed by atoms with Gasteiger partial charge in [-0.1, -0.05) is 151 Å². The Hall–Kier alpha value is -7.63. The first-order chi connectivity index (χ1) is 31.9. The van der Waals surface area contributed by atoms with Crippen LogP contribution in [-0.2, 0) is 0 Å². The highest BCUT2D eigenvalue weighted by atomic mass is 16.3. The third-order valence-corrected chi connectivity index (χ3v) is 9.53. The lowest BCUT2D eigenvalue weighted by Gasteiger charge is -2.26. The normalized spacial score (nSPS) is 13.7. The van der Waals surface area contributed by atoms with Gasteiger partial charge < -0.3 is 9.32 Å². The Kier molecular flexibility index (Phi) is 6.11. The topological polar surface area (TPSA) is 55.1 Å². The van der Waals surface area contributed by atoms with Crippen molar-refractivity contribution >= 4 is 39.0 Å². The molecular weight excluding hydrogens is 685 g/mol. The van der Waals surface area contributed by atoms with Crippen molar-refractivity contribution in [2.45, 2.75) is 0 Å². The van der Waals surface area contributed by atoms with E-state index in [0.717, 1.165) is 39.3 Å². The number of nitrogens with zero attached hydrogens (tertiary/aromatic N) is 4. The van der Waals surface area contributed by atoms with Crippen molar-refractivity contribution in [3.05, 3.63) is 206 Å². The van der Waals surface area contributed by atoms with Gasteiger partial charge in [0.1, 0.15) is 11.2 Å². The summed E-state index contributed by atoms with van der Waals surface area (Å²) in [6, 6.07) is 42.3. The second-order valence-electron chi connectivity index (χ2n) is 12.9. The summed E-state index contributed by atoms with van der Waals surface area (Å²) in [5.41, 5.74) is 7.83. The van der Waals surface area contributed by atoms with E-state index >= 15 is 0 Å². The second-order valence-corrected chi connectivity index (χ2v) is 12.9. The molecule has 264 valence electrons. The molecule has 0 unspecified atom stereocenters. The first kappa shape index (κ1) is 23.9. The molecule has 0 aliphatic carbocycles. The monoisotopic (exact) mass is 728 g/mol. The number of hydrogen-bond acceptors (Lipinski definition) is 5. The van der Waals surface area contributed by atoms with Gasteiger partial charge in [-0.15, -0.1) is 0 Å². The van der Waals surface area contributed by atoms with E-state index in [9.17, 15) is 0 Å². The van der Waals surface area contributed by atoms with Crippen LogP contribution in [0.15, 0.2) is 210 Å². The van der Waals surface area contributed by atoms with Gasteiger partial charge in [0.15, 0.2) is 17.5 Å². The average molecular weight is 729 g/mol. The van der Waals surface area contributed by atoms with Crippen LogP contribution in [0.4, 0.5) is 17.1 Å². The molecule has 2 heterocycles. The summed E-state index contributed by atoms with van der Waals surface area (Å²) in [5.74, 6) is -0.729. The minimum absolute atomic E-state index is 0.0423. The van der Waals surface area contributed by atoms with Crippen molar-refractivity contribution < 1.29 is 18.1 Å². The third-order valence-electron chi connectivity index (χ3n) is 9.53. The molecule has 56 heavy (non-hydrogen) atoms. The number of hydrogen-bond donors (Lipinski definition) is 0. The lowest BCUT2D eigenvalue weighted by Crippen LogP contribution is -2.09. The quantitative estimate of drug-likeness (QED) is 0.156. The number of anilines is 3. The van der Waals surface area contributed by atoms with Gasteiger partial charge in [-0.05, 0) is 76.9 Å². The predicted octanol–water partition coefficient (Wildman–Crippen LogP) is 13.6. The lowest BCUT2D eigenvalue weighted by molar-refractivity contribution is 0.669. The van der Waals surface area contributed by atoms with Gasteiger partial charge in [-0.3, -0.25) is 0 Å². The van der Waals surface area contributed by atoms with E-state index in [4.69, 9.17) is 18.1 Å². The van der Waals surface area contributed by atoms with Crippen molar-refractivity contribution in [2.75, 3.05) is 4.90 Å². The molecule has 2 aromatic heterocycles. The van der Waals surface area contributed by atoms with Gasteiger partial charge in [-0.2, -0.15) is 0 Å². The summed E-state index contributed by atoms with van der Waals surface area (Å²) in [5, 5.41) is 1.29. The summed E-state index contributed by atoms with van der Waals surface area (Å²) in [6.45, 7) is 0. The highest BCUT2D eigenvalue weighted by Crippen LogP contribution is 2.40. The molecule has 10 rings (SSSR count). The Balaban J connectivity index is 1.07. The molecule has 0 atom stereocenters. The van der Waals surface area contributed by atoms with Crippen LogP contribution < -0.4 is 4.90 Å². The Morgan fingerprint density at radius 1 is 0.393 bits per heavy atom. The van der Waals surface area contributed by atoms with Gasteiger partial charge >= 0.3 is 0 Å². The molecule has 5 heteroatoms. The summed E-state index contributed by atoms with van der Waals surface area (Å²) < 4.78 is 90.9. The Labute approximate surface area is 338 Å². The second kappa shape index (κ2) is 14.3. The third kappa shape index (κ3) is 6.27. The minimum atomic E-state index is -0.618. The van der Waals surface area contributed by atoms with Crippen LogP contribution in [0.25, 0.3) is 78.4 Å². The molecule has 0 N–H and O–H groups in total. The van der Waals surface area contributed by atoms with Crippen LogP contribution in [0.3, 0.4) is 0 Å². The van der Waals surface area contributed by atoms with E-state index in [1.54, 1.807) is 18.2 Å². The molecule has 0 saturated carbocycles. The van der Waals surface area contributed by atoms with Crippen LogP contribution in [-0.4, -0.2) is 15.0 Å². The predicted molar refractivity (Wildman–Crippen MR) is 229 cm³/mol. The Morgan fingerprint density at radius 2 is 0.893 bits per heavy atom. The number of rotatable bonds is 8. The summed E-state index contributed by atoms with van der Waals surface area (Å²) in [4.78, 5) is 15.9. The van der Waals surface area contributed by atoms with E-state index in [1.165, 1.54) is 0 Å². The number of furan rings is 1. The number of para-hydroxylation sites is 1. The largest absolute Gasteiger partial charge is 0.456 e. The van der Waals surface area contributed by atoms with E-state index < -0.39 is 60.4 Å². The summed E-state index contributed by atoms with van der Waals surface area (Å²) in [7, 11) is 0. The van der Waals surface area contributed by atoms with E-state index in [0.29, 0.717) is 27.5 Å². The standard InChI is InChI=1S/C51H34N4O/c1-5-14-35(15-6-1)36-24-29-42(30-25-36)55(41-20-11-4-12-21-41)43-31-26-37(27-32-43)40-28-33-44-47(34-40)56-46-23-13-22-45(48(44)46)51-53-49(38-16-7-2-8-17-38)52-50(54-51)39-18-9-3-10-19-39/h1-34H/i2D,3D,7D,8D,9D,10D,16D,17D,18D,19D. The molecule has 0 aliphatic heterocycles. The smallest absolute Gasteiger partial charge is 0.164 e. The molecule has 0 spiro atoms. The fourth-order valence-corrected chi connectivity index (χ4v) is 6.90. The summed E-state index contributed by atoms with van der Waals surface area (Å²) in [6.07, 6.45) is 0. The van der Waals surface area contributed by atoms with Gasteiger partial charge in [0.2, 0.25) is 0 Å². The zero-order chi connectivity index (χ0) is 46.0. The van der Waals surface area contributed by atoms with E-state index in [2.05, 4.69) is 92.6 Å². The average Bonchev–Trinajstić information content (AvgIpc) is 3.73. The van der Waals surface area contributed by atoms with Crippen molar-refractivity contribution in [2.24, 2.45) is 0 Å². The molecule has 8 aromatic carbocycles. The molecular formula is C51H34N4O. The SMILES string of the molecule is [2H]c1c([2H])c([2H])c(-c2nc(-c3c([2H])c([2H])c([2H])c([2H])c3[2H])nc(-c3cccc4oc5cc(-c6ccc(N(c7ccccc7)c7ccc(-c8ccccc8)cc7)cc6)ccc5c34)n2)c([2H])c1[2H]. The van der Waals surface area contributed by atoms with Crippen molar-refractivity contribution in [3.63, 3.8) is 0 Å². The maximum absolute atomic E-state index is 8.71. The van der Waals surface area contributed by atoms with Gasteiger partial charge in [-0.25, -0.2) is 15.0 Å². The molecule has 0 amide bonds. The molecule has 0 aliphatic rings. The fourth-order valence-electron chi connectivity index (χ4n) is 6.90. The van der Waals surface area contributed by atoms with Crippen LogP contribution in [0, 0.1) is 0 Å². The fraction of sp³-hybridized carbons (Fsp3) is 0. The first-order valence-electron chi connectivity index (χ1n) is 22.9. The first-order valence-corrected chi connectivity index (χ1v) is 17.9. The van der Waals surface area contributed by atoms with Crippen LogP contribution >= 0.6 is 0 Å². The van der Waals surface area contributed by atoms with E-state index in [-0.39, 0.29) is 28.6 Å². The lowest BCUT2D eigenvalue weighted by atomic mass is 10.0. The molecule has 0 saturated heterocycles. The van der Waals surface area contributed by atoms with Crippen molar-refractivity contribution in [1.82, 2.24) is 15.0 Å². The van der Waals surface area contributed by atoms with Gasteiger partial charge in [0, 0.05) is 44.5 Å². The Bertz CT molecular complexity index is 3390. The van der Waals surface area contributed by atoms with Crippen molar-refractivity contribution in [3.8, 4) is 56.4 Å². The molecule has 0 bridgehead atoms. The molecule has 10 aromatic rings.